The van der Waals surface area contributed by atoms with Gasteiger partial charge < -0.3 is 15.6 Å². The molecule has 24 heavy (non-hydrogen) atoms. The van der Waals surface area contributed by atoms with Gasteiger partial charge in [-0.1, -0.05) is 12.1 Å². The van der Waals surface area contributed by atoms with E-state index in [9.17, 15) is 9.59 Å². The van der Waals surface area contributed by atoms with Gasteiger partial charge in [0, 0.05) is 12.7 Å². The fourth-order valence-corrected chi connectivity index (χ4v) is 1.82. The van der Waals surface area contributed by atoms with Gasteiger partial charge in [0.2, 0.25) is 5.71 Å². The van der Waals surface area contributed by atoms with Crippen molar-refractivity contribution >= 4 is 29.0 Å². The van der Waals surface area contributed by atoms with Gasteiger partial charge in [-0.05, 0) is 24.6 Å². The molecule has 0 saturated carbocycles. The first kappa shape index (κ1) is 16.7. The molecule has 4 N–H and O–H groups in total. The molecule has 0 fully saturated rings. The Labute approximate surface area is 137 Å². The molecule has 0 saturated heterocycles. The SMILES string of the molecule is CNC(=O)C(C#N)=NNc1nc[nH]c1C(=O)Nc1cccc(C)c1. The molecule has 2 aromatic rings. The van der Waals surface area contributed by atoms with Gasteiger partial charge in [-0.25, -0.2) is 4.98 Å². The van der Waals surface area contributed by atoms with Crippen molar-refractivity contribution in [2.75, 3.05) is 17.8 Å². The van der Waals surface area contributed by atoms with Gasteiger partial charge in [-0.15, -0.1) is 0 Å². The molecular formula is C15H15N7O2. The number of hydrazone groups is 1. The normalized spacial score (nSPS) is 10.6. The van der Waals surface area contributed by atoms with Crippen molar-refractivity contribution in [1.29, 1.82) is 5.26 Å². The van der Waals surface area contributed by atoms with Crippen LogP contribution in [0.1, 0.15) is 16.1 Å². The number of H-pyrrole nitrogens is 1. The van der Waals surface area contributed by atoms with Gasteiger partial charge in [-0.2, -0.15) is 10.4 Å². The lowest BCUT2D eigenvalue weighted by Gasteiger charge is -2.06. The summed E-state index contributed by atoms with van der Waals surface area (Å²) in [6.45, 7) is 1.91. The lowest BCUT2D eigenvalue weighted by molar-refractivity contribution is -0.114. The van der Waals surface area contributed by atoms with Gasteiger partial charge in [0.05, 0.1) is 6.33 Å². The summed E-state index contributed by atoms with van der Waals surface area (Å²) in [4.78, 5) is 30.3. The first-order chi connectivity index (χ1) is 11.5. The zero-order valence-electron chi connectivity index (χ0n) is 13.0. The monoisotopic (exact) mass is 325 g/mol. The van der Waals surface area contributed by atoms with Crippen molar-refractivity contribution in [1.82, 2.24) is 15.3 Å². The predicted octanol–water partition coefficient (Wildman–Crippen LogP) is 1.01. The number of carbonyl (C=O) groups excluding carboxylic acids is 2. The van der Waals surface area contributed by atoms with E-state index >= 15 is 0 Å². The Balaban J connectivity index is 2.15. The first-order valence-corrected chi connectivity index (χ1v) is 6.92. The molecule has 0 unspecified atom stereocenters. The van der Waals surface area contributed by atoms with Crippen LogP contribution in [0.15, 0.2) is 35.7 Å². The third kappa shape index (κ3) is 3.95. The number of imidazole rings is 1. The molecule has 1 heterocycles. The maximum absolute atomic E-state index is 12.3. The summed E-state index contributed by atoms with van der Waals surface area (Å²) < 4.78 is 0. The second-order valence-electron chi connectivity index (χ2n) is 4.71. The number of carbonyl (C=O) groups is 2. The van der Waals surface area contributed by atoms with Crippen LogP contribution >= 0.6 is 0 Å². The Morgan fingerprint density at radius 1 is 1.38 bits per heavy atom. The fourth-order valence-electron chi connectivity index (χ4n) is 1.82. The molecule has 0 aliphatic heterocycles. The van der Waals surface area contributed by atoms with E-state index in [1.807, 2.05) is 25.1 Å². The van der Waals surface area contributed by atoms with Crippen LogP contribution in [0, 0.1) is 18.3 Å². The highest BCUT2D eigenvalue weighted by atomic mass is 16.2. The van der Waals surface area contributed by atoms with Crippen LogP contribution in [0.5, 0.6) is 0 Å². The van der Waals surface area contributed by atoms with Gasteiger partial charge >= 0.3 is 0 Å². The predicted molar refractivity (Wildman–Crippen MR) is 88.5 cm³/mol. The van der Waals surface area contributed by atoms with Crippen LogP contribution < -0.4 is 16.1 Å². The highest BCUT2D eigenvalue weighted by Crippen LogP contribution is 2.14. The summed E-state index contributed by atoms with van der Waals surface area (Å²) in [7, 11) is 1.38. The van der Waals surface area contributed by atoms with Crippen molar-refractivity contribution in [2.24, 2.45) is 5.10 Å². The minimum atomic E-state index is -0.647. The summed E-state index contributed by atoms with van der Waals surface area (Å²) in [6, 6.07) is 8.96. The molecule has 9 nitrogen and oxygen atoms in total. The summed E-state index contributed by atoms with van der Waals surface area (Å²) >= 11 is 0. The number of benzene rings is 1. The molecule has 0 spiro atoms. The third-order valence-electron chi connectivity index (χ3n) is 2.96. The third-order valence-corrected chi connectivity index (χ3v) is 2.96. The highest BCUT2D eigenvalue weighted by Gasteiger charge is 2.15. The Morgan fingerprint density at radius 2 is 2.17 bits per heavy atom. The van der Waals surface area contributed by atoms with E-state index in [4.69, 9.17) is 5.26 Å². The van der Waals surface area contributed by atoms with Crippen LogP contribution in [0.4, 0.5) is 11.5 Å². The second kappa shape index (κ2) is 7.55. The van der Waals surface area contributed by atoms with E-state index in [0.717, 1.165) is 5.56 Å². The molecule has 2 amide bonds. The maximum Gasteiger partial charge on any atom is 0.282 e. The molecule has 2 rings (SSSR count). The van der Waals surface area contributed by atoms with Crippen molar-refractivity contribution in [3.63, 3.8) is 0 Å². The average Bonchev–Trinajstić information content (AvgIpc) is 3.03. The van der Waals surface area contributed by atoms with Gasteiger partial charge in [-0.3, -0.25) is 15.0 Å². The van der Waals surface area contributed by atoms with Gasteiger partial charge in [0.25, 0.3) is 11.8 Å². The highest BCUT2D eigenvalue weighted by molar-refractivity contribution is 6.45. The zero-order valence-corrected chi connectivity index (χ0v) is 13.0. The number of aryl methyl sites for hydroxylation is 1. The largest absolute Gasteiger partial charge is 0.353 e. The Morgan fingerprint density at radius 3 is 2.83 bits per heavy atom. The number of anilines is 2. The lowest BCUT2D eigenvalue weighted by Crippen LogP contribution is -2.27. The van der Waals surface area contributed by atoms with Crippen LogP contribution in [0.3, 0.4) is 0 Å². The Kier molecular flexibility index (Phi) is 5.25. The van der Waals surface area contributed by atoms with Crippen LogP contribution in [-0.2, 0) is 4.79 Å². The van der Waals surface area contributed by atoms with Crippen molar-refractivity contribution in [2.45, 2.75) is 6.92 Å². The van der Waals surface area contributed by atoms with E-state index < -0.39 is 11.8 Å². The summed E-state index contributed by atoms with van der Waals surface area (Å²) in [6.07, 6.45) is 1.30. The van der Waals surface area contributed by atoms with Gasteiger partial charge in [0.1, 0.15) is 6.07 Å². The standard InChI is InChI=1S/C15H15N7O2/c1-9-4-3-5-10(6-9)20-15(24)12-13(19-8-18-12)22-21-11(7-16)14(23)17-2/h3-6,8,22H,1-2H3,(H,17,23)(H,18,19)(H,20,24). The molecule has 0 bridgehead atoms. The average molecular weight is 325 g/mol. The molecule has 1 aromatic carbocycles. The summed E-state index contributed by atoms with van der Waals surface area (Å²) in [5.41, 5.74) is 3.81. The van der Waals surface area contributed by atoms with Crippen LogP contribution in [0.2, 0.25) is 0 Å². The minimum Gasteiger partial charge on any atom is -0.353 e. The smallest absolute Gasteiger partial charge is 0.282 e. The first-order valence-electron chi connectivity index (χ1n) is 6.92. The Hall–Kier alpha value is -3.67. The number of nitrogens with zero attached hydrogens (tertiary/aromatic N) is 3. The van der Waals surface area contributed by atoms with Gasteiger partial charge in [0.15, 0.2) is 11.5 Å². The van der Waals surface area contributed by atoms with E-state index in [-0.39, 0.29) is 17.2 Å². The molecule has 1 aromatic heterocycles. The van der Waals surface area contributed by atoms with Crippen LogP contribution in [-0.4, -0.2) is 34.5 Å². The number of hydrogen-bond acceptors (Lipinski definition) is 6. The number of hydrogen-bond donors (Lipinski definition) is 4. The fraction of sp³-hybridized carbons (Fsp3) is 0.133. The maximum atomic E-state index is 12.3. The quantitative estimate of drug-likeness (QED) is 0.480. The van der Waals surface area contributed by atoms with E-state index in [1.54, 1.807) is 12.1 Å². The van der Waals surface area contributed by atoms with Crippen molar-refractivity contribution in [3.05, 3.63) is 41.9 Å². The summed E-state index contributed by atoms with van der Waals surface area (Å²) in [5.74, 6) is -0.989. The van der Waals surface area contributed by atoms with Crippen molar-refractivity contribution in [3.8, 4) is 6.07 Å². The number of aromatic amines is 1. The number of rotatable bonds is 5. The summed E-state index contributed by atoms with van der Waals surface area (Å²) in [5, 5.41) is 17.5. The second-order valence-corrected chi connectivity index (χ2v) is 4.71. The minimum absolute atomic E-state index is 0.0943. The molecule has 0 aliphatic carbocycles. The number of aromatic nitrogens is 2. The molecule has 0 atom stereocenters. The van der Waals surface area contributed by atoms with E-state index in [0.29, 0.717) is 5.69 Å². The number of nitriles is 1. The van der Waals surface area contributed by atoms with Crippen molar-refractivity contribution < 1.29 is 9.59 Å². The molecule has 0 radical (unpaired) electrons. The Bertz CT molecular complexity index is 832. The molecule has 122 valence electrons. The molecular weight excluding hydrogens is 310 g/mol. The molecule has 9 heteroatoms. The molecule has 0 aliphatic rings. The number of nitrogens with one attached hydrogen (secondary N) is 4. The van der Waals surface area contributed by atoms with Crippen LogP contribution in [0.25, 0.3) is 0 Å². The number of amides is 2. The van der Waals surface area contributed by atoms with E-state index in [2.05, 4.69) is 31.1 Å². The lowest BCUT2D eigenvalue weighted by atomic mass is 10.2. The zero-order chi connectivity index (χ0) is 17.5. The van der Waals surface area contributed by atoms with E-state index in [1.165, 1.54) is 13.4 Å². The topological polar surface area (TPSA) is 135 Å².